The molecule has 3 heterocycles. The molecule has 0 spiro atoms. The van der Waals surface area contributed by atoms with E-state index in [1.54, 1.807) is 25.1 Å². The Labute approximate surface area is 145 Å². The monoisotopic (exact) mass is 357 g/mol. The van der Waals surface area contributed by atoms with Crippen LogP contribution in [0.2, 0.25) is 5.02 Å². The SMILES string of the molecule is CCn1cc(C#N)c(=O)n(Cc2cc(=O)n3cc(Cl)ccc3n2)c1=O. The smallest absolute Gasteiger partial charge is 0.299 e. The number of hydrogen-bond acceptors (Lipinski definition) is 5. The van der Waals surface area contributed by atoms with E-state index in [-0.39, 0.29) is 23.4 Å². The van der Waals surface area contributed by atoms with Gasteiger partial charge in [-0.1, -0.05) is 11.6 Å². The molecule has 0 amide bonds. The lowest BCUT2D eigenvalue weighted by molar-refractivity contribution is 0.592. The lowest BCUT2D eigenvalue weighted by Crippen LogP contribution is -2.41. The summed E-state index contributed by atoms with van der Waals surface area (Å²) >= 11 is 5.86. The number of nitrogens with zero attached hydrogens (tertiary/aromatic N) is 5. The topological polar surface area (TPSA) is 102 Å². The highest BCUT2D eigenvalue weighted by Crippen LogP contribution is 2.08. The van der Waals surface area contributed by atoms with Crippen molar-refractivity contribution in [3.8, 4) is 6.07 Å². The van der Waals surface area contributed by atoms with Gasteiger partial charge in [0.05, 0.1) is 17.3 Å². The van der Waals surface area contributed by atoms with E-state index in [9.17, 15) is 14.4 Å². The number of nitriles is 1. The molecular weight excluding hydrogens is 346 g/mol. The van der Waals surface area contributed by atoms with E-state index in [0.29, 0.717) is 17.2 Å². The first-order valence-electron chi connectivity index (χ1n) is 7.37. The second-order valence-electron chi connectivity index (χ2n) is 5.28. The molecule has 0 aliphatic carbocycles. The number of aromatic nitrogens is 4. The van der Waals surface area contributed by atoms with Crippen molar-refractivity contribution in [2.75, 3.05) is 0 Å². The van der Waals surface area contributed by atoms with Crippen molar-refractivity contribution in [2.24, 2.45) is 0 Å². The van der Waals surface area contributed by atoms with Crippen molar-refractivity contribution >= 4 is 17.2 Å². The Morgan fingerprint density at radius 3 is 2.68 bits per heavy atom. The van der Waals surface area contributed by atoms with Crippen molar-refractivity contribution < 1.29 is 0 Å². The maximum Gasteiger partial charge on any atom is 0.331 e. The Morgan fingerprint density at radius 1 is 1.24 bits per heavy atom. The van der Waals surface area contributed by atoms with Crippen LogP contribution in [0.5, 0.6) is 0 Å². The van der Waals surface area contributed by atoms with Crippen LogP contribution >= 0.6 is 11.6 Å². The highest BCUT2D eigenvalue weighted by atomic mass is 35.5. The second kappa shape index (κ2) is 6.37. The van der Waals surface area contributed by atoms with Gasteiger partial charge in [-0.2, -0.15) is 5.26 Å². The minimum absolute atomic E-state index is 0.147. The normalized spacial score (nSPS) is 10.8. The molecule has 0 aliphatic heterocycles. The Morgan fingerprint density at radius 2 is 2.00 bits per heavy atom. The standard InChI is InChI=1S/C16H12ClN5O3/c1-2-20-7-10(6-18)15(24)22(16(20)25)9-12-5-14(23)21-8-11(17)3-4-13(21)19-12/h3-5,7-8H,2,9H2,1H3. The van der Waals surface area contributed by atoms with Crippen molar-refractivity contribution in [2.45, 2.75) is 20.0 Å². The quantitative estimate of drug-likeness (QED) is 0.683. The van der Waals surface area contributed by atoms with Crippen LogP contribution in [0.1, 0.15) is 18.2 Å². The number of rotatable bonds is 3. The first kappa shape index (κ1) is 16.7. The minimum Gasteiger partial charge on any atom is -0.299 e. The molecule has 8 nitrogen and oxygen atoms in total. The summed E-state index contributed by atoms with van der Waals surface area (Å²) in [6, 6.07) is 6.15. The molecule has 0 unspecified atom stereocenters. The third kappa shape index (κ3) is 2.97. The van der Waals surface area contributed by atoms with Gasteiger partial charge in [0.25, 0.3) is 11.1 Å². The van der Waals surface area contributed by atoms with Gasteiger partial charge in [0.2, 0.25) is 0 Å². The minimum atomic E-state index is -0.713. The van der Waals surface area contributed by atoms with Crippen LogP contribution in [-0.2, 0) is 13.1 Å². The zero-order valence-corrected chi connectivity index (χ0v) is 13.9. The molecule has 0 atom stereocenters. The molecule has 3 aromatic rings. The van der Waals surface area contributed by atoms with Gasteiger partial charge < -0.3 is 0 Å². The Kier molecular flexibility index (Phi) is 4.25. The Balaban J connectivity index is 2.19. The van der Waals surface area contributed by atoms with Crippen molar-refractivity contribution in [3.63, 3.8) is 0 Å². The summed E-state index contributed by atoms with van der Waals surface area (Å²) in [6.45, 7) is 1.82. The molecule has 0 fully saturated rings. The molecule has 25 heavy (non-hydrogen) atoms. The summed E-state index contributed by atoms with van der Waals surface area (Å²) in [5, 5.41) is 9.45. The maximum atomic E-state index is 12.4. The maximum absolute atomic E-state index is 12.4. The third-order valence-corrected chi connectivity index (χ3v) is 3.92. The molecule has 9 heteroatoms. The third-order valence-electron chi connectivity index (χ3n) is 3.69. The van der Waals surface area contributed by atoms with E-state index in [1.807, 2.05) is 0 Å². The van der Waals surface area contributed by atoms with Crippen molar-refractivity contribution in [3.05, 3.63) is 78.1 Å². The molecule has 0 aliphatic rings. The number of aryl methyl sites for hydroxylation is 1. The van der Waals surface area contributed by atoms with Gasteiger partial charge in [0.1, 0.15) is 17.3 Å². The average Bonchev–Trinajstić information content (AvgIpc) is 2.59. The van der Waals surface area contributed by atoms with E-state index in [1.165, 1.54) is 27.4 Å². The molecule has 0 aromatic carbocycles. The van der Waals surface area contributed by atoms with Crippen LogP contribution in [-0.4, -0.2) is 18.5 Å². The fraction of sp³-hybridized carbons (Fsp3) is 0.188. The summed E-state index contributed by atoms with van der Waals surface area (Å²) in [5.74, 6) is 0. The van der Waals surface area contributed by atoms with Gasteiger partial charge in [-0.25, -0.2) is 9.78 Å². The van der Waals surface area contributed by atoms with Gasteiger partial charge in [0, 0.05) is 25.0 Å². The van der Waals surface area contributed by atoms with Gasteiger partial charge in [-0.05, 0) is 19.1 Å². The summed E-state index contributed by atoms with van der Waals surface area (Å²) in [5.41, 5.74) is -1.23. The first-order chi connectivity index (χ1) is 11.9. The predicted molar refractivity (Wildman–Crippen MR) is 90.9 cm³/mol. The van der Waals surface area contributed by atoms with Crippen LogP contribution in [0.25, 0.3) is 5.65 Å². The predicted octanol–water partition coefficient (Wildman–Crippen LogP) is 0.611. The number of halogens is 1. The lowest BCUT2D eigenvalue weighted by Gasteiger charge is -2.09. The fourth-order valence-corrected chi connectivity index (χ4v) is 2.63. The zero-order valence-electron chi connectivity index (χ0n) is 13.1. The van der Waals surface area contributed by atoms with Crippen LogP contribution in [0.3, 0.4) is 0 Å². The average molecular weight is 358 g/mol. The van der Waals surface area contributed by atoms with Crippen LogP contribution < -0.4 is 16.8 Å². The molecule has 126 valence electrons. The molecule has 0 saturated carbocycles. The second-order valence-corrected chi connectivity index (χ2v) is 5.71. The lowest BCUT2D eigenvalue weighted by atomic mass is 10.3. The summed E-state index contributed by atoms with van der Waals surface area (Å²) in [4.78, 5) is 41.1. The highest BCUT2D eigenvalue weighted by Gasteiger charge is 2.12. The van der Waals surface area contributed by atoms with E-state index in [0.717, 1.165) is 4.57 Å². The molecular formula is C16H12ClN5O3. The van der Waals surface area contributed by atoms with Crippen LogP contribution in [0, 0.1) is 11.3 Å². The molecule has 0 radical (unpaired) electrons. The largest absolute Gasteiger partial charge is 0.331 e. The zero-order chi connectivity index (χ0) is 18.1. The molecule has 3 aromatic heterocycles. The van der Waals surface area contributed by atoms with Crippen LogP contribution in [0.4, 0.5) is 0 Å². The Hall–Kier alpha value is -3.18. The molecule has 0 saturated heterocycles. The van der Waals surface area contributed by atoms with E-state index < -0.39 is 11.2 Å². The fourth-order valence-electron chi connectivity index (χ4n) is 2.47. The van der Waals surface area contributed by atoms with Gasteiger partial charge in [-0.15, -0.1) is 0 Å². The van der Waals surface area contributed by atoms with E-state index >= 15 is 0 Å². The number of hydrogen-bond donors (Lipinski definition) is 0. The van der Waals surface area contributed by atoms with Crippen molar-refractivity contribution in [1.29, 1.82) is 5.26 Å². The number of fused-ring (bicyclic) bond motifs is 1. The summed E-state index contributed by atoms with van der Waals surface area (Å²) < 4.78 is 3.43. The van der Waals surface area contributed by atoms with E-state index in [2.05, 4.69) is 4.98 Å². The molecule has 3 rings (SSSR count). The van der Waals surface area contributed by atoms with Crippen molar-refractivity contribution in [1.82, 2.24) is 18.5 Å². The van der Waals surface area contributed by atoms with Gasteiger partial charge >= 0.3 is 5.69 Å². The number of pyridine rings is 1. The summed E-state index contributed by atoms with van der Waals surface area (Å²) in [7, 11) is 0. The first-order valence-corrected chi connectivity index (χ1v) is 7.74. The van der Waals surface area contributed by atoms with Crippen LogP contribution in [0.15, 0.2) is 45.0 Å². The van der Waals surface area contributed by atoms with Gasteiger partial charge in [0.15, 0.2) is 0 Å². The highest BCUT2D eigenvalue weighted by molar-refractivity contribution is 6.30. The molecule has 0 bridgehead atoms. The molecule has 0 N–H and O–H groups in total. The van der Waals surface area contributed by atoms with E-state index in [4.69, 9.17) is 16.9 Å². The van der Waals surface area contributed by atoms with Gasteiger partial charge in [-0.3, -0.25) is 23.1 Å². The summed E-state index contributed by atoms with van der Waals surface area (Å²) in [6.07, 6.45) is 2.66. The Bertz CT molecular complexity index is 1200.